The minimum absolute atomic E-state index is 0.439. The molecule has 0 aromatic heterocycles. The van der Waals surface area contributed by atoms with E-state index >= 15 is 0 Å². The summed E-state index contributed by atoms with van der Waals surface area (Å²) in [6.45, 7) is 1.74. The van der Waals surface area contributed by atoms with Gasteiger partial charge in [0.25, 0.3) is 0 Å². The molecule has 0 aliphatic carbocycles. The maximum absolute atomic E-state index is 10.2. The third kappa shape index (κ3) is 4.64. The van der Waals surface area contributed by atoms with E-state index in [2.05, 4.69) is 24.1 Å². The molecule has 106 valence electrons. The van der Waals surface area contributed by atoms with Crippen LogP contribution in [0.3, 0.4) is 0 Å². The first kappa shape index (κ1) is 15.0. The predicted octanol–water partition coefficient (Wildman–Crippen LogP) is 3.90. The highest BCUT2D eigenvalue weighted by Crippen LogP contribution is 2.19. The molecule has 2 rings (SSSR count). The average molecular weight is 290 g/mol. The fourth-order valence-electron chi connectivity index (χ4n) is 2.17. The fraction of sp³-hybridized carbons (Fsp3) is 0.294. The Morgan fingerprint density at radius 1 is 1.05 bits per heavy atom. The Labute approximate surface area is 125 Å². The summed E-state index contributed by atoms with van der Waals surface area (Å²) >= 11 is 5.84. The molecular formula is C17H20ClNO. The van der Waals surface area contributed by atoms with E-state index in [1.807, 2.05) is 42.5 Å². The molecule has 1 unspecified atom stereocenters. The summed E-state index contributed by atoms with van der Waals surface area (Å²) in [5.74, 6) is 0. The van der Waals surface area contributed by atoms with Gasteiger partial charge < -0.3 is 10.0 Å². The van der Waals surface area contributed by atoms with Gasteiger partial charge in [0.1, 0.15) is 0 Å². The molecular weight excluding hydrogens is 270 g/mol. The van der Waals surface area contributed by atoms with Gasteiger partial charge in [-0.3, -0.25) is 0 Å². The first-order valence-corrected chi connectivity index (χ1v) is 7.19. The molecule has 0 bridgehead atoms. The molecule has 0 fully saturated rings. The number of hydrogen-bond donors (Lipinski definition) is 1. The number of rotatable bonds is 6. The largest absolute Gasteiger partial charge is 0.388 e. The Hall–Kier alpha value is -1.35. The SMILES string of the molecule is CN(CCC(O)c1ccc(Cl)cc1)Cc1ccccc1. The zero-order valence-electron chi connectivity index (χ0n) is 11.7. The van der Waals surface area contributed by atoms with E-state index in [1.54, 1.807) is 0 Å². The molecule has 20 heavy (non-hydrogen) atoms. The molecule has 2 aromatic carbocycles. The lowest BCUT2D eigenvalue weighted by Gasteiger charge is -2.19. The first-order chi connectivity index (χ1) is 9.65. The van der Waals surface area contributed by atoms with Gasteiger partial charge in [0.2, 0.25) is 0 Å². The van der Waals surface area contributed by atoms with Crippen molar-refractivity contribution < 1.29 is 5.11 Å². The third-order valence-corrected chi connectivity index (χ3v) is 3.59. The van der Waals surface area contributed by atoms with Crippen molar-refractivity contribution in [2.24, 2.45) is 0 Å². The van der Waals surface area contributed by atoms with Crippen LogP contribution in [-0.2, 0) is 6.54 Å². The minimum Gasteiger partial charge on any atom is -0.388 e. The van der Waals surface area contributed by atoms with Crippen LogP contribution < -0.4 is 0 Å². The molecule has 0 radical (unpaired) electrons. The highest BCUT2D eigenvalue weighted by molar-refractivity contribution is 6.30. The third-order valence-electron chi connectivity index (χ3n) is 3.33. The van der Waals surface area contributed by atoms with Crippen LogP contribution in [0.5, 0.6) is 0 Å². The molecule has 0 spiro atoms. The van der Waals surface area contributed by atoms with Crippen molar-refractivity contribution in [3.63, 3.8) is 0 Å². The van der Waals surface area contributed by atoms with Gasteiger partial charge in [-0.1, -0.05) is 54.1 Å². The van der Waals surface area contributed by atoms with Gasteiger partial charge in [-0.05, 0) is 36.7 Å². The van der Waals surface area contributed by atoms with E-state index in [0.29, 0.717) is 11.4 Å². The van der Waals surface area contributed by atoms with Crippen molar-refractivity contribution in [1.82, 2.24) is 4.90 Å². The van der Waals surface area contributed by atoms with E-state index in [4.69, 9.17) is 11.6 Å². The quantitative estimate of drug-likeness (QED) is 0.872. The van der Waals surface area contributed by atoms with Gasteiger partial charge in [-0.2, -0.15) is 0 Å². The van der Waals surface area contributed by atoms with Crippen molar-refractivity contribution in [1.29, 1.82) is 0 Å². The first-order valence-electron chi connectivity index (χ1n) is 6.81. The number of aliphatic hydroxyl groups is 1. The standard InChI is InChI=1S/C17H20ClNO/c1-19(13-14-5-3-2-4-6-14)12-11-17(20)15-7-9-16(18)10-8-15/h2-10,17,20H,11-13H2,1H3. The van der Waals surface area contributed by atoms with Crippen LogP contribution in [-0.4, -0.2) is 23.6 Å². The Balaban J connectivity index is 1.81. The van der Waals surface area contributed by atoms with E-state index in [0.717, 1.165) is 18.7 Å². The summed E-state index contributed by atoms with van der Waals surface area (Å²) < 4.78 is 0. The Kier molecular flexibility index (Phi) is 5.60. The van der Waals surface area contributed by atoms with Crippen LogP contribution in [0.4, 0.5) is 0 Å². The molecule has 2 nitrogen and oxygen atoms in total. The van der Waals surface area contributed by atoms with Crippen LogP contribution in [0, 0.1) is 0 Å². The molecule has 0 aliphatic rings. The van der Waals surface area contributed by atoms with Crippen LogP contribution in [0.2, 0.25) is 5.02 Å². The van der Waals surface area contributed by atoms with E-state index in [-0.39, 0.29) is 0 Å². The van der Waals surface area contributed by atoms with E-state index < -0.39 is 6.10 Å². The second kappa shape index (κ2) is 7.44. The Bertz CT molecular complexity index is 512. The Morgan fingerprint density at radius 2 is 1.70 bits per heavy atom. The molecule has 1 atom stereocenters. The van der Waals surface area contributed by atoms with Crippen molar-refractivity contribution >= 4 is 11.6 Å². The summed E-state index contributed by atoms with van der Waals surface area (Å²) in [5, 5.41) is 10.9. The minimum atomic E-state index is -0.439. The maximum Gasteiger partial charge on any atom is 0.0802 e. The number of nitrogens with zero attached hydrogens (tertiary/aromatic N) is 1. The van der Waals surface area contributed by atoms with Gasteiger partial charge in [0.15, 0.2) is 0 Å². The fourth-order valence-corrected chi connectivity index (χ4v) is 2.29. The molecule has 0 saturated heterocycles. The lowest BCUT2D eigenvalue weighted by Crippen LogP contribution is -2.20. The van der Waals surface area contributed by atoms with Crippen LogP contribution in [0.25, 0.3) is 0 Å². The summed E-state index contributed by atoms with van der Waals surface area (Å²) in [7, 11) is 2.07. The van der Waals surface area contributed by atoms with Gasteiger partial charge in [-0.25, -0.2) is 0 Å². The molecule has 0 amide bonds. The second-order valence-corrected chi connectivity index (χ2v) is 5.52. The maximum atomic E-state index is 10.2. The van der Waals surface area contributed by atoms with E-state index in [1.165, 1.54) is 5.56 Å². The van der Waals surface area contributed by atoms with Gasteiger partial charge in [0.05, 0.1) is 6.10 Å². The van der Waals surface area contributed by atoms with Crippen molar-refractivity contribution in [3.8, 4) is 0 Å². The van der Waals surface area contributed by atoms with Crippen LogP contribution in [0.15, 0.2) is 54.6 Å². The zero-order chi connectivity index (χ0) is 14.4. The smallest absolute Gasteiger partial charge is 0.0802 e. The molecule has 0 saturated carbocycles. The lowest BCUT2D eigenvalue weighted by molar-refractivity contribution is 0.147. The van der Waals surface area contributed by atoms with E-state index in [9.17, 15) is 5.11 Å². The molecule has 1 N–H and O–H groups in total. The number of benzene rings is 2. The topological polar surface area (TPSA) is 23.5 Å². The summed E-state index contributed by atoms with van der Waals surface area (Å²) in [4.78, 5) is 2.22. The molecule has 0 heterocycles. The lowest BCUT2D eigenvalue weighted by atomic mass is 10.1. The molecule has 3 heteroatoms. The van der Waals surface area contributed by atoms with Gasteiger partial charge in [0, 0.05) is 18.1 Å². The van der Waals surface area contributed by atoms with Crippen molar-refractivity contribution in [3.05, 3.63) is 70.7 Å². The Morgan fingerprint density at radius 3 is 2.35 bits per heavy atom. The summed E-state index contributed by atoms with van der Waals surface area (Å²) in [5.41, 5.74) is 2.21. The highest BCUT2D eigenvalue weighted by Gasteiger charge is 2.09. The highest BCUT2D eigenvalue weighted by atomic mass is 35.5. The zero-order valence-corrected chi connectivity index (χ0v) is 12.4. The summed E-state index contributed by atoms with van der Waals surface area (Å²) in [6.07, 6.45) is 0.274. The normalized spacial score (nSPS) is 12.6. The van der Waals surface area contributed by atoms with Crippen molar-refractivity contribution in [2.45, 2.75) is 19.1 Å². The average Bonchev–Trinajstić information content (AvgIpc) is 2.46. The van der Waals surface area contributed by atoms with Gasteiger partial charge in [-0.15, -0.1) is 0 Å². The monoisotopic (exact) mass is 289 g/mol. The summed E-state index contributed by atoms with van der Waals surface area (Å²) in [6, 6.07) is 17.7. The number of halogens is 1. The van der Waals surface area contributed by atoms with Gasteiger partial charge >= 0.3 is 0 Å². The predicted molar refractivity (Wildman–Crippen MR) is 83.8 cm³/mol. The van der Waals surface area contributed by atoms with Crippen LogP contribution >= 0.6 is 11.6 Å². The second-order valence-electron chi connectivity index (χ2n) is 5.08. The molecule has 2 aromatic rings. The number of hydrogen-bond acceptors (Lipinski definition) is 2. The molecule has 0 aliphatic heterocycles. The number of aliphatic hydroxyl groups excluding tert-OH is 1. The van der Waals surface area contributed by atoms with Crippen molar-refractivity contribution in [2.75, 3.05) is 13.6 Å². The van der Waals surface area contributed by atoms with Crippen LogP contribution in [0.1, 0.15) is 23.7 Å².